The molecule has 0 amide bonds. The van der Waals surface area contributed by atoms with E-state index in [1.54, 1.807) is 13.2 Å². The quantitative estimate of drug-likeness (QED) is 0.828. The number of hydrogen-bond donors (Lipinski definition) is 1. The number of ether oxygens (including phenoxy) is 2. The molecular weight excluding hydrogens is 235 g/mol. The van der Waals surface area contributed by atoms with Crippen LogP contribution in [0.4, 0.5) is 10.1 Å². The Labute approximate surface area is 107 Å². The molecule has 0 aromatic heterocycles. The Balaban J connectivity index is 2.19. The molecule has 1 aliphatic heterocycles. The topological polar surface area (TPSA) is 33.7 Å². The van der Waals surface area contributed by atoms with Gasteiger partial charge in [-0.05, 0) is 25.1 Å². The third-order valence-corrected chi connectivity index (χ3v) is 2.93. The zero-order chi connectivity index (χ0) is 12.8. The van der Waals surface area contributed by atoms with E-state index in [-0.39, 0.29) is 12.6 Å². The molecule has 5 heteroatoms. The van der Waals surface area contributed by atoms with Gasteiger partial charge in [-0.3, -0.25) is 0 Å². The lowest BCUT2D eigenvalue weighted by molar-refractivity contribution is 0.0514. The number of nitrogens with one attached hydrogen (secondary N) is 1. The van der Waals surface area contributed by atoms with Gasteiger partial charge in [-0.15, -0.1) is 0 Å². The minimum Gasteiger partial charge on any atom is -0.465 e. The maximum absolute atomic E-state index is 13.4. The Bertz CT molecular complexity index is 379. The predicted molar refractivity (Wildman–Crippen MR) is 68.6 cm³/mol. The molecule has 4 nitrogen and oxygen atoms in total. The van der Waals surface area contributed by atoms with Gasteiger partial charge in [0.25, 0.3) is 0 Å². The zero-order valence-corrected chi connectivity index (χ0v) is 10.6. The average Bonchev–Trinajstić information content (AvgIpc) is 2.66. The Kier molecular flexibility index (Phi) is 4.78. The molecule has 1 heterocycles. The maximum Gasteiger partial charge on any atom is 0.188 e. The summed E-state index contributed by atoms with van der Waals surface area (Å²) in [4.78, 5) is 2.15. The van der Waals surface area contributed by atoms with E-state index in [2.05, 4.69) is 10.2 Å². The molecule has 100 valence electrons. The van der Waals surface area contributed by atoms with Crippen molar-refractivity contribution in [3.05, 3.63) is 24.0 Å². The van der Waals surface area contributed by atoms with E-state index >= 15 is 0 Å². The van der Waals surface area contributed by atoms with Crippen LogP contribution in [0.5, 0.6) is 5.75 Å². The van der Waals surface area contributed by atoms with Crippen LogP contribution in [0.25, 0.3) is 0 Å². The Hall–Kier alpha value is -1.33. The maximum atomic E-state index is 13.4. The second-order valence-electron chi connectivity index (χ2n) is 4.25. The largest absolute Gasteiger partial charge is 0.465 e. The highest BCUT2D eigenvalue weighted by Crippen LogP contribution is 2.29. The van der Waals surface area contributed by atoms with Crippen molar-refractivity contribution in [1.82, 2.24) is 5.32 Å². The molecular formula is C13H19FN2O2. The first-order valence-corrected chi connectivity index (χ1v) is 6.18. The van der Waals surface area contributed by atoms with Gasteiger partial charge in [0, 0.05) is 32.8 Å². The highest BCUT2D eigenvalue weighted by molar-refractivity contribution is 5.58. The molecule has 0 spiro atoms. The van der Waals surface area contributed by atoms with Crippen molar-refractivity contribution < 1.29 is 13.9 Å². The molecule has 0 radical (unpaired) electrons. The van der Waals surface area contributed by atoms with Crippen LogP contribution in [0.15, 0.2) is 18.2 Å². The number of halogens is 1. The van der Waals surface area contributed by atoms with E-state index in [0.717, 1.165) is 38.3 Å². The van der Waals surface area contributed by atoms with Crippen molar-refractivity contribution in [3.63, 3.8) is 0 Å². The minimum atomic E-state index is -0.244. The smallest absolute Gasteiger partial charge is 0.188 e. The lowest BCUT2D eigenvalue weighted by Gasteiger charge is -2.24. The molecule has 1 aromatic rings. The summed E-state index contributed by atoms with van der Waals surface area (Å²) >= 11 is 0. The highest BCUT2D eigenvalue weighted by atomic mass is 19.1. The fourth-order valence-electron chi connectivity index (χ4n) is 2.07. The Morgan fingerprint density at radius 2 is 2.22 bits per heavy atom. The number of anilines is 1. The third-order valence-electron chi connectivity index (χ3n) is 2.93. The van der Waals surface area contributed by atoms with Crippen LogP contribution in [-0.2, 0) is 4.74 Å². The van der Waals surface area contributed by atoms with Crippen molar-refractivity contribution in [2.24, 2.45) is 0 Å². The van der Waals surface area contributed by atoms with Gasteiger partial charge in [-0.2, -0.15) is 0 Å². The van der Waals surface area contributed by atoms with Gasteiger partial charge in [0.05, 0.1) is 5.69 Å². The molecule has 0 unspecified atom stereocenters. The van der Waals surface area contributed by atoms with E-state index in [0.29, 0.717) is 5.75 Å². The predicted octanol–water partition coefficient (Wildman–Crippen LogP) is 1.61. The fourth-order valence-corrected chi connectivity index (χ4v) is 2.07. The van der Waals surface area contributed by atoms with Crippen molar-refractivity contribution in [2.45, 2.75) is 6.42 Å². The van der Waals surface area contributed by atoms with E-state index in [4.69, 9.17) is 9.47 Å². The molecule has 0 bridgehead atoms. The summed E-state index contributed by atoms with van der Waals surface area (Å²) in [7, 11) is 1.57. The van der Waals surface area contributed by atoms with Gasteiger partial charge in [-0.25, -0.2) is 4.39 Å². The molecule has 1 N–H and O–H groups in total. The second-order valence-corrected chi connectivity index (χ2v) is 4.25. The van der Waals surface area contributed by atoms with Crippen LogP contribution in [0.1, 0.15) is 6.42 Å². The van der Waals surface area contributed by atoms with Gasteiger partial charge in [0.2, 0.25) is 0 Å². The van der Waals surface area contributed by atoms with E-state index in [1.165, 1.54) is 12.1 Å². The molecule has 18 heavy (non-hydrogen) atoms. The van der Waals surface area contributed by atoms with E-state index in [1.807, 2.05) is 0 Å². The lowest BCUT2D eigenvalue weighted by Crippen LogP contribution is -2.28. The molecule has 0 saturated carbocycles. The Morgan fingerprint density at radius 1 is 1.33 bits per heavy atom. The summed E-state index contributed by atoms with van der Waals surface area (Å²) in [6.45, 7) is 3.83. The summed E-state index contributed by atoms with van der Waals surface area (Å²) in [5.41, 5.74) is 0.802. The molecule has 1 aromatic carbocycles. The van der Waals surface area contributed by atoms with E-state index in [9.17, 15) is 4.39 Å². The third kappa shape index (κ3) is 3.34. The standard InChI is InChI=1S/C13H19FN2O2/c1-17-10-18-13-4-3-11(14)9-12(13)16-7-2-5-15-6-8-16/h3-4,9,15H,2,5-8,10H2,1H3. The number of methoxy groups -OCH3 is 1. The first-order chi connectivity index (χ1) is 8.81. The molecule has 0 aliphatic carbocycles. The number of nitrogens with zero attached hydrogens (tertiary/aromatic N) is 1. The second kappa shape index (κ2) is 6.56. The Morgan fingerprint density at radius 3 is 3.06 bits per heavy atom. The van der Waals surface area contributed by atoms with Crippen molar-refractivity contribution in [2.75, 3.05) is 45.0 Å². The van der Waals surface area contributed by atoms with Crippen molar-refractivity contribution in [1.29, 1.82) is 0 Å². The first kappa shape index (κ1) is 13.1. The van der Waals surface area contributed by atoms with Gasteiger partial charge < -0.3 is 19.7 Å². The highest BCUT2D eigenvalue weighted by Gasteiger charge is 2.15. The molecule has 1 aliphatic rings. The van der Waals surface area contributed by atoms with Crippen molar-refractivity contribution >= 4 is 5.69 Å². The van der Waals surface area contributed by atoms with Gasteiger partial charge in [0.1, 0.15) is 11.6 Å². The SMILES string of the molecule is COCOc1ccc(F)cc1N1CCCNCC1. The summed E-state index contributed by atoms with van der Waals surface area (Å²) in [6, 6.07) is 4.59. The zero-order valence-electron chi connectivity index (χ0n) is 10.6. The molecule has 1 saturated heterocycles. The van der Waals surface area contributed by atoms with Gasteiger partial charge in [-0.1, -0.05) is 0 Å². The van der Waals surface area contributed by atoms with Crippen LogP contribution in [-0.4, -0.2) is 40.1 Å². The fraction of sp³-hybridized carbons (Fsp3) is 0.538. The summed E-state index contributed by atoms with van der Waals surface area (Å²) in [5, 5.41) is 3.32. The summed E-state index contributed by atoms with van der Waals surface area (Å²) < 4.78 is 23.8. The van der Waals surface area contributed by atoms with Gasteiger partial charge in [0.15, 0.2) is 6.79 Å². The molecule has 2 rings (SSSR count). The van der Waals surface area contributed by atoms with Crippen LogP contribution in [0.2, 0.25) is 0 Å². The first-order valence-electron chi connectivity index (χ1n) is 6.18. The van der Waals surface area contributed by atoms with E-state index < -0.39 is 0 Å². The van der Waals surface area contributed by atoms with Crippen LogP contribution < -0.4 is 15.0 Å². The summed E-state index contributed by atoms with van der Waals surface area (Å²) in [6.07, 6.45) is 1.04. The van der Waals surface area contributed by atoms with Gasteiger partial charge >= 0.3 is 0 Å². The van der Waals surface area contributed by atoms with Crippen LogP contribution in [0, 0.1) is 5.82 Å². The summed E-state index contributed by atoms with van der Waals surface area (Å²) in [5.74, 6) is 0.423. The molecule has 1 fully saturated rings. The number of hydrogen-bond acceptors (Lipinski definition) is 4. The lowest BCUT2D eigenvalue weighted by atomic mass is 10.2. The van der Waals surface area contributed by atoms with Crippen LogP contribution in [0.3, 0.4) is 0 Å². The average molecular weight is 254 g/mol. The molecule has 0 atom stereocenters. The van der Waals surface area contributed by atoms with Crippen LogP contribution >= 0.6 is 0 Å². The number of benzene rings is 1. The monoisotopic (exact) mass is 254 g/mol. The normalized spacial score (nSPS) is 16.4. The number of rotatable bonds is 4. The van der Waals surface area contributed by atoms with Crippen molar-refractivity contribution in [3.8, 4) is 5.75 Å². The minimum absolute atomic E-state index is 0.171.